The number of carbonyl (C=O) groups excluding carboxylic acids is 2. The lowest BCUT2D eigenvalue weighted by atomic mass is 9.84. The van der Waals surface area contributed by atoms with E-state index in [0.29, 0.717) is 27.1 Å². The Hall–Kier alpha value is -2.99. The van der Waals surface area contributed by atoms with Crippen LogP contribution in [0.25, 0.3) is 5.70 Å². The summed E-state index contributed by atoms with van der Waals surface area (Å²) in [4.78, 5) is 27.1. The van der Waals surface area contributed by atoms with E-state index < -0.39 is 11.8 Å². The quantitative estimate of drug-likeness (QED) is 0.216. The molecule has 0 unspecified atom stereocenters. The highest BCUT2D eigenvalue weighted by Gasteiger charge is 2.33. The monoisotopic (exact) mass is 515 g/mol. The van der Waals surface area contributed by atoms with Crippen molar-refractivity contribution in [3.63, 3.8) is 0 Å². The van der Waals surface area contributed by atoms with Gasteiger partial charge in [-0.1, -0.05) is 71.7 Å². The number of fused-ring (bicyclic) bond motifs is 1. The topological polar surface area (TPSA) is 70.2 Å². The molecule has 176 valence electrons. The second-order valence-electron chi connectivity index (χ2n) is 8.46. The van der Waals surface area contributed by atoms with Gasteiger partial charge in [0.25, 0.3) is 11.8 Å². The molecule has 1 aliphatic heterocycles. The fraction of sp³-hybridized carbons (Fsp3) is 0.154. The standard InChI is InChI=1S/C26H23Cl2N3O2.ClH/c1-26(2)15-16-9-3-4-10-17(16)23(31-26)22(24(32)29-20-13-7-5-11-18(20)27)25(33)30-21-14-8-6-12-19(21)28;/h3-14,31H,15H2,1-2H3,(H,29,32)(H,30,33);1H. The van der Waals surface area contributed by atoms with Gasteiger partial charge in [-0.05, 0) is 50.1 Å². The maximum atomic E-state index is 13.5. The van der Waals surface area contributed by atoms with Crippen LogP contribution in [0, 0.1) is 0 Å². The number of hydrogen-bond acceptors (Lipinski definition) is 3. The second kappa shape index (κ2) is 10.5. The normalized spacial score (nSPS) is 13.6. The molecule has 0 saturated heterocycles. The minimum atomic E-state index is -0.581. The van der Waals surface area contributed by atoms with Crippen LogP contribution in [0.4, 0.5) is 11.4 Å². The molecule has 2 amide bonds. The summed E-state index contributed by atoms with van der Waals surface area (Å²) in [5.74, 6) is -1.16. The van der Waals surface area contributed by atoms with Gasteiger partial charge in [0.2, 0.25) is 0 Å². The highest BCUT2D eigenvalue weighted by Crippen LogP contribution is 2.33. The lowest BCUT2D eigenvalue weighted by Gasteiger charge is -2.36. The molecule has 0 spiro atoms. The Bertz CT molecular complexity index is 1210. The summed E-state index contributed by atoms with van der Waals surface area (Å²) in [5.41, 5.74) is 2.70. The first-order chi connectivity index (χ1) is 15.7. The van der Waals surface area contributed by atoms with Crippen LogP contribution < -0.4 is 16.0 Å². The van der Waals surface area contributed by atoms with Gasteiger partial charge in [0, 0.05) is 11.1 Å². The Morgan fingerprint density at radius 1 is 0.794 bits per heavy atom. The maximum Gasteiger partial charge on any atom is 0.263 e. The van der Waals surface area contributed by atoms with Crippen LogP contribution in [-0.4, -0.2) is 17.4 Å². The number of halogens is 3. The van der Waals surface area contributed by atoms with Crippen LogP contribution in [0.15, 0.2) is 78.4 Å². The Labute approximate surface area is 215 Å². The SMILES string of the molecule is CC1(C)Cc2ccccc2C(=C(C(=O)Nc2ccccc2Cl)C(=O)Nc2ccccc2Cl)N1.Cl. The highest BCUT2D eigenvalue weighted by molar-refractivity contribution is 6.37. The molecular weight excluding hydrogens is 493 g/mol. The van der Waals surface area contributed by atoms with Crippen LogP contribution >= 0.6 is 35.6 Å². The van der Waals surface area contributed by atoms with E-state index >= 15 is 0 Å². The summed E-state index contributed by atoms with van der Waals surface area (Å²) in [6.45, 7) is 4.05. The molecule has 0 fully saturated rings. The Morgan fingerprint density at radius 3 is 1.79 bits per heavy atom. The van der Waals surface area contributed by atoms with Gasteiger partial charge in [0.15, 0.2) is 0 Å². The van der Waals surface area contributed by atoms with Crippen LogP contribution in [0.2, 0.25) is 10.0 Å². The molecule has 0 radical (unpaired) electrons. The summed E-state index contributed by atoms with van der Waals surface area (Å²) in [6, 6.07) is 21.5. The fourth-order valence-electron chi connectivity index (χ4n) is 3.87. The summed E-state index contributed by atoms with van der Waals surface area (Å²) < 4.78 is 0. The molecule has 0 aromatic heterocycles. The number of carbonyl (C=O) groups is 2. The van der Waals surface area contributed by atoms with E-state index in [-0.39, 0.29) is 23.5 Å². The van der Waals surface area contributed by atoms with E-state index in [2.05, 4.69) is 16.0 Å². The molecule has 3 aromatic rings. The molecule has 3 N–H and O–H groups in total. The van der Waals surface area contributed by atoms with Crippen molar-refractivity contribution < 1.29 is 9.59 Å². The molecule has 0 atom stereocenters. The summed E-state index contributed by atoms with van der Waals surface area (Å²) >= 11 is 12.5. The first kappa shape index (κ1) is 25.6. The van der Waals surface area contributed by atoms with Gasteiger partial charge in [-0.3, -0.25) is 9.59 Å². The second-order valence-corrected chi connectivity index (χ2v) is 9.28. The smallest absolute Gasteiger partial charge is 0.263 e. The van der Waals surface area contributed by atoms with Crippen LogP contribution in [0.1, 0.15) is 25.0 Å². The largest absolute Gasteiger partial charge is 0.379 e. The summed E-state index contributed by atoms with van der Waals surface area (Å²) in [7, 11) is 0. The van der Waals surface area contributed by atoms with Crippen molar-refractivity contribution in [3.05, 3.63) is 99.5 Å². The fourth-order valence-corrected chi connectivity index (χ4v) is 4.23. The molecular formula is C26H24Cl3N3O2. The zero-order valence-electron chi connectivity index (χ0n) is 18.6. The lowest BCUT2D eigenvalue weighted by molar-refractivity contribution is -0.118. The van der Waals surface area contributed by atoms with E-state index in [1.165, 1.54) is 0 Å². The van der Waals surface area contributed by atoms with Crippen molar-refractivity contribution in [2.45, 2.75) is 25.8 Å². The minimum Gasteiger partial charge on any atom is -0.379 e. The molecule has 0 saturated carbocycles. The van der Waals surface area contributed by atoms with E-state index in [1.54, 1.807) is 48.5 Å². The third kappa shape index (κ3) is 5.55. The molecule has 8 heteroatoms. The highest BCUT2D eigenvalue weighted by atomic mass is 35.5. The van der Waals surface area contributed by atoms with Crippen LogP contribution in [-0.2, 0) is 16.0 Å². The lowest BCUT2D eigenvalue weighted by Crippen LogP contribution is -2.45. The third-order valence-corrected chi connectivity index (χ3v) is 5.99. The number of benzene rings is 3. The molecule has 0 bridgehead atoms. The third-order valence-electron chi connectivity index (χ3n) is 5.33. The molecule has 1 heterocycles. The van der Waals surface area contributed by atoms with Crippen molar-refractivity contribution in [2.24, 2.45) is 0 Å². The Morgan fingerprint density at radius 2 is 1.26 bits per heavy atom. The van der Waals surface area contributed by atoms with Gasteiger partial charge in [-0.15, -0.1) is 12.4 Å². The summed E-state index contributed by atoms with van der Waals surface area (Å²) in [6.07, 6.45) is 0.748. The van der Waals surface area contributed by atoms with Crippen molar-refractivity contribution in [3.8, 4) is 0 Å². The molecule has 3 aromatic carbocycles. The predicted octanol–water partition coefficient (Wildman–Crippen LogP) is 6.33. The van der Waals surface area contributed by atoms with Crippen molar-refractivity contribution in [1.29, 1.82) is 0 Å². The number of anilines is 2. The average molecular weight is 517 g/mol. The Kier molecular flexibility index (Phi) is 7.93. The van der Waals surface area contributed by atoms with Crippen LogP contribution in [0.3, 0.4) is 0 Å². The predicted molar refractivity (Wildman–Crippen MR) is 142 cm³/mol. The van der Waals surface area contributed by atoms with Crippen molar-refractivity contribution in [1.82, 2.24) is 5.32 Å². The van der Waals surface area contributed by atoms with Crippen LogP contribution in [0.5, 0.6) is 0 Å². The average Bonchev–Trinajstić information content (AvgIpc) is 2.76. The maximum absolute atomic E-state index is 13.5. The van der Waals surface area contributed by atoms with Gasteiger partial charge in [0.1, 0.15) is 5.57 Å². The van der Waals surface area contributed by atoms with Gasteiger partial charge in [-0.2, -0.15) is 0 Å². The van der Waals surface area contributed by atoms with E-state index in [0.717, 1.165) is 17.5 Å². The minimum absolute atomic E-state index is 0. The van der Waals surface area contributed by atoms with Crippen molar-refractivity contribution in [2.75, 3.05) is 10.6 Å². The number of amides is 2. The molecule has 0 aliphatic carbocycles. The van der Waals surface area contributed by atoms with Gasteiger partial charge >= 0.3 is 0 Å². The number of hydrogen-bond donors (Lipinski definition) is 3. The Balaban J connectivity index is 0.00000324. The zero-order chi connectivity index (χ0) is 23.6. The molecule has 34 heavy (non-hydrogen) atoms. The van der Waals surface area contributed by atoms with E-state index in [1.807, 2.05) is 38.1 Å². The first-order valence-electron chi connectivity index (χ1n) is 10.5. The molecule has 4 rings (SSSR count). The van der Waals surface area contributed by atoms with E-state index in [9.17, 15) is 9.59 Å². The number of nitrogens with one attached hydrogen (secondary N) is 3. The number of para-hydroxylation sites is 2. The van der Waals surface area contributed by atoms with E-state index in [4.69, 9.17) is 23.2 Å². The first-order valence-corrected chi connectivity index (χ1v) is 11.2. The van der Waals surface area contributed by atoms with Crippen molar-refractivity contribution >= 4 is 64.5 Å². The number of rotatable bonds is 4. The molecule has 1 aliphatic rings. The van der Waals surface area contributed by atoms with Gasteiger partial charge in [-0.25, -0.2) is 0 Å². The van der Waals surface area contributed by atoms with Gasteiger partial charge in [0.05, 0.1) is 27.1 Å². The van der Waals surface area contributed by atoms with Gasteiger partial charge < -0.3 is 16.0 Å². The zero-order valence-corrected chi connectivity index (χ0v) is 20.9. The summed E-state index contributed by atoms with van der Waals surface area (Å²) in [5, 5.41) is 9.72. The molecule has 5 nitrogen and oxygen atoms in total.